The van der Waals surface area contributed by atoms with E-state index in [1.54, 1.807) is 0 Å². The van der Waals surface area contributed by atoms with Gasteiger partial charge in [0.05, 0.1) is 31.8 Å². The van der Waals surface area contributed by atoms with Crippen LogP contribution in [0.3, 0.4) is 0 Å². The first kappa shape index (κ1) is 31.5. The van der Waals surface area contributed by atoms with Gasteiger partial charge in [0.2, 0.25) is 0 Å². The van der Waals surface area contributed by atoms with Gasteiger partial charge in [-0.15, -0.1) is 0 Å². The zero-order valence-electron chi connectivity index (χ0n) is 19.1. The maximum Gasteiger partial charge on any atom is 0.332 e. The summed E-state index contributed by atoms with van der Waals surface area (Å²) in [5.74, 6) is -1.09. The molecule has 30 heavy (non-hydrogen) atoms. The second-order valence-electron chi connectivity index (χ2n) is 8.37. The average molecular weight is 437 g/mol. The highest BCUT2D eigenvalue weighted by atomic mass is 16.4. The van der Waals surface area contributed by atoms with E-state index in [-0.39, 0.29) is 0 Å². The van der Waals surface area contributed by atoms with E-state index in [0.29, 0.717) is 6.42 Å². The molecule has 1 atom stereocenters. The molecule has 0 spiro atoms. The summed E-state index contributed by atoms with van der Waals surface area (Å²) in [6.07, 6.45) is 17.3. The predicted octanol–water partition coefficient (Wildman–Crippen LogP) is 3.25. The predicted molar refractivity (Wildman–Crippen MR) is 119 cm³/mol. The summed E-state index contributed by atoms with van der Waals surface area (Å²) in [5, 5.41) is 51.6. The third kappa shape index (κ3) is 19.2. The monoisotopic (exact) mass is 436 g/mol. The number of hydrogen-bond acceptors (Lipinski definition) is 6. The summed E-state index contributed by atoms with van der Waals surface area (Å²) >= 11 is 0. The number of rotatable bonds is 20. The summed E-state index contributed by atoms with van der Waals surface area (Å²) in [5.41, 5.74) is -1.11. The van der Waals surface area contributed by atoms with Crippen molar-refractivity contribution in [2.45, 2.75) is 109 Å². The van der Waals surface area contributed by atoms with Crippen LogP contribution in [0.5, 0.6) is 0 Å². The Bertz CT molecular complexity index is 342. The summed E-state index contributed by atoms with van der Waals surface area (Å²) in [4.78, 5) is 10.4. The van der Waals surface area contributed by atoms with Gasteiger partial charge in [-0.05, 0) is 6.42 Å². The average Bonchev–Trinajstić information content (AvgIpc) is 2.76. The van der Waals surface area contributed by atoms with E-state index in [4.69, 9.17) is 30.6 Å². The van der Waals surface area contributed by atoms with Gasteiger partial charge in [-0.1, -0.05) is 96.8 Å². The molecule has 0 heterocycles. The molecule has 0 aromatic carbocycles. The molecule has 0 aromatic heterocycles. The highest BCUT2D eigenvalue weighted by molar-refractivity contribution is 5.71. The second-order valence-corrected chi connectivity index (χ2v) is 8.37. The molecule has 7 heteroatoms. The molecule has 0 bridgehead atoms. The lowest BCUT2D eigenvalue weighted by molar-refractivity contribution is -0.146. The smallest absolute Gasteiger partial charge is 0.332 e. The Morgan fingerprint density at radius 3 is 1.17 bits per heavy atom. The quantitative estimate of drug-likeness (QED) is 0.161. The number of carboxylic acids is 1. The lowest BCUT2D eigenvalue weighted by Crippen LogP contribution is -2.37. The Labute approximate surface area is 183 Å². The van der Waals surface area contributed by atoms with Crippen molar-refractivity contribution in [3.05, 3.63) is 0 Å². The topological polar surface area (TPSA) is 138 Å². The Morgan fingerprint density at radius 2 is 0.933 bits per heavy atom. The number of unbranched alkanes of at least 4 members (excludes halogenated alkanes) is 13. The molecule has 0 aliphatic rings. The van der Waals surface area contributed by atoms with Crippen molar-refractivity contribution in [1.29, 1.82) is 0 Å². The summed E-state index contributed by atoms with van der Waals surface area (Å²) in [6, 6.07) is 0. The molecule has 0 rings (SSSR count). The normalized spacial score (nSPS) is 12.3. The molecule has 0 aliphatic carbocycles. The van der Waals surface area contributed by atoms with E-state index in [2.05, 4.69) is 6.92 Å². The Balaban J connectivity index is 0. The van der Waals surface area contributed by atoms with Crippen molar-refractivity contribution < 1.29 is 35.4 Å². The van der Waals surface area contributed by atoms with E-state index >= 15 is 0 Å². The summed E-state index contributed by atoms with van der Waals surface area (Å²) < 4.78 is 0. The van der Waals surface area contributed by atoms with Gasteiger partial charge in [-0.2, -0.15) is 0 Å². The summed E-state index contributed by atoms with van der Waals surface area (Å²) in [6.45, 7) is 0.633. The van der Waals surface area contributed by atoms with E-state index in [1.165, 1.54) is 77.0 Å². The van der Waals surface area contributed by atoms with Crippen LogP contribution in [0.1, 0.15) is 103 Å². The number of carboxylic acid groups (broad SMARTS) is 1. The van der Waals surface area contributed by atoms with Crippen molar-refractivity contribution in [2.24, 2.45) is 5.41 Å². The molecule has 0 saturated heterocycles. The highest BCUT2D eigenvalue weighted by Crippen LogP contribution is 2.14. The Hall–Kier alpha value is -0.730. The Morgan fingerprint density at radius 1 is 0.633 bits per heavy atom. The fourth-order valence-corrected chi connectivity index (χ4v) is 2.96. The minimum absolute atomic E-state index is 0.396. The van der Waals surface area contributed by atoms with Crippen LogP contribution >= 0.6 is 0 Å². The number of carbonyl (C=O) groups is 1. The van der Waals surface area contributed by atoms with Gasteiger partial charge in [0.15, 0.2) is 6.10 Å². The van der Waals surface area contributed by atoms with Gasteiger partial charge in [0, 0.05) is 0 Å². The van der Waals surface area contributed by atoms with Gasteiger partial charge in [-0.25, -0.2) is 4.79 Å². The van der Waals surface area contributed by atoms with Crippen molar-refractivity contribution >= 4 is 5.97 Å². The van der Waals surface area contributed by atoms with E-state index < -0.39 is 43.9 Å². The molecule has 6 N–H and O–H groups in total. The van der Waals surface area contributed by atoms with Crippen LogP contribution in [0.25, 0.3) is 0 Å². The fourth-order valence-electron chi connectivity index (χ4n) is 2.96. The first-order chi connectivity index (χ1) is 14.4. The molecular weight excluding hydrogens is 388 g/mol. The van der Waals surface area contributed by atoms with Gasteiger partial charge in [-0.3, -0.25) is 0 Å². The van der Waals surface area contributed by atoms with Crippen LogP contribution in [0.4, 0.5) is 0 Å². The van der Waals surface area contributed by atoms with Gasteiger partial charge in [0.25, 0.3) is 0 Å². The van der Waals surface area contributed by atoms with E-state index in [9.17, 15) is 4.79 Å². The first-order valence-electron chi connectivity index (χ1n) is 11.8. The fraction of sp³-hybridized carbons (Fsp3) is 0.957. The third-order valence-electron chi connectivity index (χ3n) is 5.46. The minimum Gasteiger partial charge on any atom is -0.479 e. The second kappa shape index (κ2) is 22.9. The molecule has 7 nitrogen and oxygen atoms in total. The molecule has 0 aromatic rings. The molecule has 0 saturated carbocycles. The zero-order valence-corrected chi connectivity index (χ0v) is 19.1. The maximum absolute atomic E-state index is 10.4. The standard InChI is InChI=1S/C18H36O3.C5H12O4/c1-2-3-4-5-6-7-8-9-10-11-12-13-14-15-16-17(19)18(20)21;6-1-5(2-7,3-8)4-9/h17,19H,2-16H2,1H3,(H,20,21);6-9H,1-4H2. The van der Waals surface area contributed by atoms with E-state index in [1.807, 2.05) is 0 Å². The molecule has 0 fully saturated rings. The van der Waals surface area contributed by atoms with Crippen LogP contribution in [0, 0.1) is 5.41 Å². The maximum atomic E-state index is 10.4. The Kier molecular flexibility index (Phi) is 24.1. The first-order valence-corrected chi connectivity index (χ1v) is 11.8. The van der Waals surface area contributed by atoms with Crippen LogP contribution < -0.4 is 0 Å². The molecule has 1 unspecified atom stereocenters. The van der Waals surface area contributed by atoms with E-state index in [0.717, 1.165) is 12.8 Å². The van der Waals surface area contributed by atoms with Crippen LogP contribution in [0.2, 0.25) is 0 Å². The number of hydrogen-bond donors (Lipinski definition) is 6. The van der Waals surface area contributed by atoms with Gasteiger partial charge in [0.1, 0.15) is 0 Å². The molecule has 0 radical (unpaired) electrons. The molecular formula is C23H48O7. The SMILES string of the molecule is CCCCCCCCCCCCCCCCC(O)C(=O)O.OCC(CO)(CO)CO. The van der Waals surface area contributed by atoms with Crippen molar-refractivity contribution in [3.8, 4) is 0 Å². The third-order valence-corrected chi connectivity index (χ3v) is 5.46. The highest BCUT2D eigenvalue weighted by Gasteiger charge is 2.26. The largest absolute Gasteiger partial charge is 0.479 e. The van der Waals surface area contributed by atoms with Crippen molar-refractivity contribution in [3.63, 3.8) is 0 Å². The van der Waals surface area contributed by atoms with Crippen molar-refractivity contribution in [2.75, 3.05) is 26.4 Å². The molecule has 182 valence electrons. The van der Waals surface area contributed by atoms with Crippen LogP contribution in [-0.4, -0.2) is 69.1 Å². The zero-order chi connectivity index (χ0) is 23.1. The lowest BCUT2D eigenvalue weighted by Gasteiger charge is -2.23. The summed E-state index contributed by atoms with van der Waals surface area (Å²) in [7, 11) is 0. The molecule has 0 amide bonds. The number of aliphatic carboxylic acids is 1. The number of aliphatic hydroxyl groups is 5. The van der Waals surface area contributed by atoms with Gasteiger partial charge >= 0.3 is 5.97 Å². The van der Waals surface area contributed by atoms with Crippen LogP contribution in [0.15, 0.2) is 0 Å². The minimum atomic E-state index is -1.16. The van der Waals surface area contributed by atoms with Crippen LogP contribution in [-0.2, 0) is 4.79 Å². The lowest BCUT2D eigenvalue weighted by atomic mass is 9.93. The van der Waals surface area contributed by atoms with Gasteiger partial charge < -0.3 is 30.6 Å². The van der Waals surface area contributed by atoms with Crippen molar-refractivity contribution in [1.82, 2.24) is 0 Å². The number of aliphatic hydroxyl groups excluding tert-OH is 5. The molecule has 0 aliphatic heterocycles.